The molecule has 0 radical (unpaired) electrons. The first-order valence-corrected chi connectivity index (χ1v) is 7.39. The number of amides is 1. The van der Waals surface area contributed by atoms with Crippen LogP contribution >= 0.6 is 0 Å². The molecule has 2 aliphatic rings. The third-order valence-corrected chi connectivity index (χ3v) is 4.09. The summed E-state index contributed by atoms with van der Waals surface area (Å²) in [6.07, 6.45) is 4.46. The number of hydrogen-bond donors (Lipinski definition) is 2. The largest absolute Gasteiger partial charge is 0.486 e. The van der Waals surface area contributed by atoms with Crippen molar-refractivity contribution in [3.8, 4) is 11.5 Å². The smallest absolute Gasteiger partial charge is 0.236 e. The van der Waals surface area contributed by atoms with Crippen LogP contribution in [0.2, 0.25) is 0 Å². The second-order valence-electron chi connectivity index (χ2n) is 5.59. The molecule has 6 nitrogen and oxygen atoms in total. The van der Waals surface area contributed by atoms with Crippen LogP contribution in [0.1, 0.15) is 25.7 Å². The second-order valence-corrected chi connectivity index (χ2v) is 5.59. The fourth-order valence-electron chi connectivity index (χ4n) is 3.14. The lowest BCUT2D eigenvalue weighted by Gasteiger charge is -2.32. The van der Waals surface area contributed by atoms with Gasteiger partial charge in [-0.3, -0.25) is 4.79 Å². The average Bonchev–Trinajstić information content (AvgIpc) is 2.98. The van der Waals surface area contributed by atoms with E-state index < -0.39 is 0 Å². The van der Waals surface area contributed by atoms with E-state index in [4.69, 9.17) is 20.9 Å². The summed E-state index contributed by atoms with van der Waals surface area (Å²) in [6, 6.07) is 3.94. The summed E-state index contributed by atoms with van der Waals surface area (Å²) in [6.45, 7) is 1.23. The van der Waals surface area contributed by atoms with Gasteiger partial charge in [-0.1, -0.05) is 12.8 Å². The molecule has 1 aromatic carbocycles. The molecular weight excluding hydrogens is 270 g/mol. The van der Waals surface area contributed by atoms with Gasteiger partial charge in [0.05, 0.1) is 17.9 Å². The van der Waals surface area contributed by atoms with Gasteiger partial charge < -0.3 is 25.8 Å². The summed E-state index contributed by atoms with van der Waals surface area (Å²) < 4.78 is 11.1. The van der Waals surface area contributed by atoms with Crippen molar-refractivity contribution in [2.75, 3.05) is 30.4 Å². The van der Waals surface area contributed by atoms with Crippen LogP contribution in [0, 0.1) is 0 Å². The van der Waals surface area contributed by atoms with Crippen LogP contribution in [0.5, 0.6) is 11.5 Å². The van der Waals surface area contributed by atoms with Crippen LogP contribution in [-0.4, -0.2) is 31.7 Å². The molecule has 1 fully saturated rings. The molecule has 1 aliphatic heterocycles. The molecule has 0 bridgehead atoms. The maximum Gasteiger partial charge on any atom is 0.236 e. The standard InChI is InChI=1S/C15H21N3O3/c16-11-7-13-14(21-6-5-20-13)8-12(11)18(9-15(17)19)10-3-1-2-4-10/h7-8,10H,1-6,9,16H2,(H2,17,19). The highest BCUT2D eigenvalue weighted by molar-refractivity contribution is 5.83. The van der Waals surface area contributed by atoms with Crippen LogP contribution in [0.25, 0.3) is 0 Å². The van der Waals surface area contributed by atoms with Crippen molar-refractivity contribution in [1.29, 1.82) is 0 Å². The van der Waals surface area contributed by atoms with Gasteiger partial charge in [-0.25, -0.2) is 0 Å². The number of benzene rings is 1. The van der Waals surface area contributed by atoms with Gasteiger partial charge in [0.25, 0.3) is 0 Å². The van der Waals surface area contributed by atoms with Crippen molar-refractivity contribution in [3.63, 3.8) is 0 Å². The van der Waals surface area contributed by atoms with E-state index in [2.05, 4.69) is 0 Å². The molecule has 1 heterocycles. The quantitative estimate of drug-likeness (QED) is 0.815. The fourth-order valence-corrected chi connectivity index (χ4v) is 3.14. The zero-order chi connectivity index (χ0) is 14.8. The minimum atomic E-state index is -0.351. The summed E-state index contributed by atoms with van der Waals surface area (Å²) in [5.74, 6) is 0.988. The first-order chi connectivity index (χ1) is 10.1. The number of primary amides is 1. The summed E-state index contributed by atoms with van der Waals surface area (Å²) in [5, 5.41) is 0. The van der Waals surface area contributed by atoms with Gasteiger partial charge in [0.2, 0.25) is 5.91 Å². The van der Waals surface area contributed by atoms with E-state index in [-0.39, 0.29) is 12.5 Å². The number of carbonyl (C=O) groups is 1. The number of ether oxygens (including phenoxy) is 2. The number of rotatable bonds is 4. The molecule has 0 unspecified atom stereocenters. The van der Waals surface area contributed by atoms with Gasteiger partial charge in [-0.15, -0.1) is 0 Å². The van der Waals surface area contributed by atoms with E-state index >= 15 is 0 Å². The van der Waals surface area contributed by atoms with Crippen molar-refractivity contribution in [1.82, 2.24) is 0 Å². The van der Waals surface area contributed by atoms with Crippen LogP contribution in [-0.2, 0) is 4.79 Å². The van der Waals surface area contributed by atoms with Crippen molar-refractivity contribution in [2.45, 2.75) is 31.7 Å². The maximum atomic E-state index is 11.4. The first kappa shape index (κ1) is 13.9. The normalized spacial score (nSPS) is 17.7. The first-order valence-electron chi connectivity index (χ1n) is 7.39. The fraction of sp³-hybridized carbons (Fsp3) is 0.533. The number of fused-ring (bicyclic) bond motifs is 1. The highest BCUT2D eigenvalue weighted by Gasteiger charge is 2.27. The summed E-state index contributed by atoms with van der Waals surface area (Å²) >= 11 is 0. The minimum absolute atomic E-state index is 0.175. The SMILES string of the molecule is NC(=O)CN(c1cc2c(cc1N)OCCO2)C1CCCC1. The average molecular weight is 291 g/mol. The van der Waals surface area contributed by atoms with Gasteiger partial charge >= 0.3 is 0 Å². The minimum Gasteiger partial charge on any atom is -0.486 e. The Hall–Kier alpha value is -2.11. The van der Waals surface area contributed by atoms with E-state index in [0.717, 1.165) is 18.5 Å². The second kappa shape index (κ2) is 5.71. The third-order valence-electron chi connectivity index (χ3n) is 4.09. The van der Waals surface area contributed by atoms with Gasteiger partial charge in [0.15, 0.2) is 11.5 Å². The molecule has 1 saturated carbocycles. The van der Waals surface area contributed by atoms with Crippen LogP contribution in [0.3, 0.4) is 0 Å². The summed E-state index contributed by atoms with van der Waals surface area (Å²) in [7, 11) is 0. The lowest BCUT2D eigenvalue weighted by atomic mass is 10.1. The van der Waals surface area contributed by atoms with Crippen molar-refractivity contribution in [2.24, 2.45) is 5.73 Å². The predicted molar refractivity (Wildman–Crippen MR) is 80.6 cm³/mol. The van der Waals surface area contributed by atoms with Crippen LogP contribution in [0.15, 0.2) is 12.1 Å². The Bertz CT molecular complexity index is 541. The van der Waals surface area contributed by atoms with Crippen molar-refractivity contribution < 1.29 is 14.3 Å². The van der Waals surface area contributed by atoms with Gasteiger partial charge in [0.1, 0.15) is 13.2 Å². The highest BCUT2D eigenvalue weighted by atomic mass is 16.6. The lowest BCUT2D eigenvalue weighted by Crippen LogP contribution is -2.40. The Morgan fingerprint density at radius 1 is 1.19 bits per heavy atom. The van der Waals surface area contributed by atoms with Gasteiger partial charge in [0, 0.05) is 18.2 Å². The topological polar surface area (TPSA) is 90.8 Å². The number of nitrogens with zero attached hydrogens (tertiary/aromatic N) is 1. The van der Waals surface area contributed by atoms with E-state index in [0.29, 0.717) is 36.4 Å². The molecule has 114 valence electrons. The van der Waals surface area contributed by atoms with Gasteiger partial charge in [-0.05, 0) is 12.8 Å². The molecule has 1 aromatic rings. The number of anilines is 2. The Balaban J connectivity index is 1.95. The zero-order valence-corrected chi connectivity index (χ0v) is 12.0. The van der Waals surface area contributed by atoms with E-state index in [1.165, 1.54) is 12.8 Å². The van der Waals surface area contributed by atoms with E-state index in [1.54, 1.807) is 6.07 Å². The predicted octanol–water partition coefficient (Wildman–Crippen LogP) is 1.27. The zero-order valence-electron chi connectivity index (χ0n) is 12.0. The molecule has 3 rings (SSSR count). The molecule has 4 N–H and O–H groups in total. The molecule has 1 aliphatic carbocycles. The number of carbonyl (C=O) groups excluding carboxylic acids is 1. The molecule has 0 atom stereocenters. The number of hydrogen-bond acceptors (Lipinski definition) is 5. The molecule has 21 heavy (non-hydrogen) atoms. The third kappa shape index (κ3) is 2.84. The molecule has 0 saturated heterocycles. The Kier molecular flexibility index (Phi) is 3.77. The van der Waals surface area contributed by atoms with E-state index in [9.17, 15) is 4.79 Å². The van der Waals surface area contributed by atoms with Gasteiger partial charge in [-0.2, -0.15) is 0 Å². The molecule has 6 heteroatoms. The van der Waals surface area contributed by atoms with Crippen molar-refractivity contribution in [3.05, 3.63) is 12.1 Å². The summed E-state index contributed by atoms with van der Waals surface area (Å²) in [4.78, 5) is 13.4. The number of nitrogens with two attached hydrogens (primary N) is 2. The summed E-state index contributed by atoms with van der Waals surface area (Å²) in [5.41, 5.74) is 13.0. The maximum absolute atomic E-state index is 11.4. The number of nitrogen functional groups attached to an aromatic ring is 1. The highest BCUT2D eigenvalue weighted by Crippen LogP contribution is 2.40. The van der Waals surface area contributed by atoms with Crippen molar-refractivity contribution >= 4 is 17.3 Å². The Morgan fingerprint density at radius 3 is 2.43 bits per heavy atom. The lowest BCUT2D eigenvalue weighted by molar-refractivity contribution is -0.116. The van der Waals surface area contributed by atoms with Crippen LogP contribution < -0.4 is 25.8 Å². The van der Waals surface area contributed by atoms with E-state index in [1.807, 2.05) is 11.0 Å². The van der Waals surface area contributed by atoms with Crippen LogP contribution in [0.4, 0.5) is 11.4 Å². The Labute approximate surface area is 124 Å². The monoisotopic (exact) mass is 291 g/mol. The molecule has 0 spiro atoms. The Morgan fingerprint density at radius 2 is 1.81 bits per heavy atom. The molecule has 1 amide bonds. The molecule has 0 aromatic heterocycles. The molecular formula is C15H21N3O3.